The van der Waals surface area contributed by atoms with E-state index in [2.05, 4.69) is 0 Å². The van der Waals surface area contributed by atoms with Crippen molar-refractivity contribution in [1.82, 2.24) is 4.90 Å². The summed E-state index contributed by atoms with van der Waals surface area (Å²) in [5, 5.41) is 9.41. The van der Waals surface area contributed by atoms with Crippen LogP contribution in [0.4, 0.5) is 0 Å². The van der Waals surface area contributed by atoms with Gasteiger partial charge in [0.2, 0.25) is 5.91 Å². The molecule has 0 spiro atoms. The van der Waals surface area contributed by atoms with E-state index in [1.807, 2.05) is 0 Å². The second-order valence-electron chi connectivity index (χ2n) is 6.23. The van der Waals surface area contributed by atoms with Gasteiger partial charge in [-0.15, -0.1) is 0 Å². The highest BCUT2D eigenvalue weighted by atomic mass is 32.2. The molecule has 2 saturated heterocycles. The lowest BCUT2D eigenvalue weighted by molar-refractivity contribution is -0.151. The summed E-state index contributed by atoms with van der Waals surface area (Å²) < 4.78 is 23.0. The highest BCUT2D eigenvalue weighted by molar-refractivity contribution is 7.91. The molecule has 2 aliphatic heterocycles. The molecule has 7 heteroatoms. The number of carbonyl (C=O) groups is 2. The van der Waals surface area contributed by atoms with Crippen LogP contribution in [0.5, 0.6) is 0 Å². The van der Waals surface area contributed by atoms with E-state index in [9.17, 15) is 23.1 Å². The average molecular weight is 301 g/mol. The lowest BCUT2D eigenvalue weighted by Crippen LogP contribution is -2.46. The van der Waals surface area contributed by atoms with Crippen LogP contribution in [0.1, 0.15) is 25.7 Å². The molecule has 4 unspecified atom stereocenters. The summed E-state index contributed by atoms with van der Waals surface area (Å²) in [5.41, 5.74) is 0. The van der Waals surface area contributed by atoms with Gasteiger partial charge in [-0.2, -0.15) is 0 Å². The van der Waals surface area contributed by atoms with E-state index in [-0.39, 0.29) is 29.2 Å². The molecule has 20 heavy (non-hydrogen) atoms. The number of carboxylic acid groups (broad SMARTS) is 1. The van der Waals surface area contributed by atoms with Crippen molar-refractivity contribution in [2.24, 2.45) is 17.8 Å². The molecule has 1 N–H and O–H groups in total. The maximum atomic E-state index is 12.5. The number of rotatable bonds is 2. The molecule has 4 atom stereocenters. The molecule has 3 aliphatic rings. The summed E-state index contributed by atoms with van der Waals surface area (Å²) in [6.07, 6.45) is 3.19. The molecule has 1 amide bonds. The normalized spacial score (nSPS) is 38.9. The summed E-state index contributed by atoms with van der Waals surface area (Å²) in [7, 11) is -3.12. The predicted octanol–water partition coefficient (Wildman–Crippen LogP) is 0.133. The number of aliphatic carboxylic acids is 1. The minimum Gasteiger partial charge on any atom is -0.480 e. The Bertz CT molecular complexity index is 543. The summed E-state index contributed by atoms with van der Waals surface area (Å²) in [4.78, 5) is 25.4. The minimum absolute atomic E-state index is 0.0435. The van der Waals surface area contributed by atoms with Crippen LogP contribution in [-0.4, -0.2) is 54.4 Å². The Kier molecular flexibility index (Phi) is 3.27. The van der Waals surface area contributed by atoms with Gasteiger partial charge in [0.25, 0.3) is 0 Å². The van der Waals surface area contributed by atoms with Crippen LogP contribution in [-0.2, 0) is 19.4 Å². The lowest BCUT2D eigenvalue weighted by Gasteiger charge is -2.26. The molecule has 0 aromatic heterocycles. The van der Waals surface area contributed by atoms with Gasteiger partial charge in [-0.25, -0.2) is 13.2 Å². The Morgan fingerprint density at radius 1 is 1.15 bits per heavy atom. The Hall–Kier alpha value is -1.11. The molecule has 0 radical (unpaired) electrons. The maximum absolute atomic E-state index is 12.5. The standard InChI is InChI=1S/C13H19NO5S/c15-12(9-4-5-20(18,19)7-9)14-6-8-2-1-3-10(8)11(14)13(16)17/h8-11H,1-7H2,(H,16,17). The summed E-state index contributed by atoms with van der Waals surface area (Å²) in [5.74, 6) is -1.51. The summed E-state index contributed by atoms with van der Waals surface area (Å²) in [6, 6.07) is -0.752. The highest BCUT2D eigenvalue weighted by Gasteiger charge is 2.51. The monoisotopic (exact) mass is 301 g/mol. The first-order chi connectivity index (χ1) is 9.39. The van der Waals surface area contributed by atoms with Gasteiger partial charge in [0.15, 0.2) is 9.84 Å². The number of sulfone groups is 1. The van der Waals surface area contributed by atoms with Gasteiger partial charge in [0.1, 0.15) is 6.04 Å². The molecule has 112 valence electrons. The fraction of sp³-hybridized carbons (Fsp3) is 0.846. The van der Waals surface area contributed by atoms with Crippen LogP contribution in [0.3, 0.4) is 0 Å². The zero-order valence-corrected chi connectivity index (χ0v) is 12.0. The molecule has 0 bridgehead atoms. The molecule has 3 rings (SSSR count). The number of hydrogen-bond acceptors (Lipinski definition) is 4. The van der Waals surface area contributed by atoms with Gasteiger partial charge in [-0.3, -0.25) is 4.79 Å². The Balaban J connectivity index is 1.79. The number of amides is 1. The topological polar surface area (TPSA) is 91.8 Å². The SMILES string of the molecule is O=C(O)C1C2CCCC2CN1C(=O)C1CCS(=O)(=O)C1. The molecule has 0 aromatic carbocycles. The van der Waals surface area contributed by atoms with Crippen molar-refractivity contribution < 1.29 is 23.1 Å². The molecule has 1 saturated carbocycles. The molecule has 1 aliphatic carbocycles. The third kappa shape index (κ3) is 2.21. The Morgan fingerprint density at radius 2 is 1.90 bits per heavy atom. The van der Waals surface area contributed by atoms with E-state index in [4.69, 9.17) is 0 Å². The number of likely N-dealkylation sites (tertiary alicyclic amines) is 1. The van der Waals surface area contributed by atoms with Crippen LogP contribution in [0.15, 0.2) is 0 Å². The fourth-order valence-electron chi connectivity index (χ4n) is 4.07. The molecule has 6 nitrogen and oxygen atoms in total. The quantitative estimate of drug-likeness (QED) is 0.783. The Labute approximate surface area is 118 Å². The average Bonchev–Trinajstić information content (AvgIpc) is 2.99. The van der Waals surface area contributed by atoms with E-state index in [1.165, 1.54) is 4.90 Å². The lowest BCUT2D eigenvalue weighted by atomic mass is 9.94. The third-order valence-electron chi connectivity index (χ3n) is 5.01. The van der Waals surface area contributed by atoms with Gasteiger partial charge < -0.3 is 10.0 Å². The number of hydrogen-bond donors (Lipinski definition) is 1. The van der Waals surface area contributed by atoms with Crippen molar-refractivity contribution in [3.05, 3.63) is 0 Å². The van der Waals surface area contributed by atoms with Crippen molar-refractivity contribution in [3.63, 3.8) is 0 Å². The van der Waals surface area contributed by atoms with Crippen molar-refractivity contribution in [2.75, 3.05) is 18.1 Å². The number of carbonyl (C=O) groups excluding carboxylic acids is 1. The zero-order chi connectivity index (χ0) is 14.5. The first-order valence-electron chi connectivity index (χ1n) is 7.13. The Morgan fingerprint density at radius 3 is 2.50 bits per heavy atom. The molecular formula is C13H19NO5S. The van der Waals surface area contributed by atoms with Gasteiger partial charge in [-0.1, -0.05) is 6.42 Å². The number of carboxylic acids is 1. The van der Waals surface area contributed by atoms with Crippen LogP contribution >= 0.6 is 0 Å². The highest BCUT2D eigenvalue weighted by Crippen LogP contribution is 2.43. The fourth-order valence-corrected chi connectivity index (χ4v) is 5.81. The molecule has 2 heterocycles. The second kappa shape index (κ2) is 4.72. The largest absolute Gasteiger partial charge is 0.480 e. The van der Waals surface area contributed by atoms with E-state index >= 15 is 0 Å². The zero-order valence-electron chi connectivity index (χ0n) is 11.2. The van der Waals surface area contributed by atoms with E-state index in [0.717, 1.165) is 19.3 Å². The second-order valence-corrected chi connectivity index (χ2v) is 8.46. The smallest absolute Gasteiger partial charge is 0.326 e. The number of nitrogens with zero attached hydrogens (tertiary/aromatic N) is 1. The first kappa shape index (κ1) is 13.9. The first-order valence-corrected chi connectivity index (χ1v) is 8.95. The van der Waals surface area contributed by atoms with Crippen molar-refractivity contribution in [2.45, 2.75) is 31.7 Å². The molecule has 0 aromatic rings. The van der Waals surface area contributed by atoms with Gasteiger partial charge in [-0.05, 0) is 31.1 Å². The van der Waals surface area contributed by atoms with E-state index in [0.29, 0.717) is 13.0 Å². The molecular weight excluding hydrogens is 282 g/mol. The van der Waals surface area contributed by atoms with Gasteiger partial charge in [0.05, 0.1) is 17.4 Å². The van der Waals surface area contributed by atoms with E-state index in [1.54, 1.807) is 0 Å². The third-order valence-corrected chi connectivity index (χ3v) is 6.78. The van der Waals surface area contributed by atoms with Crippen molar-refractivity contribution in [1.29, 1.82) is 0 Å². The van der Waals surface area contributed by atoms with Crippen LogP contribution < -0.4 is 0 Å². The summed E-state index contributed by atoms with van der Waals surface area (Å²) in [6.45, 7) is 0.483. The van der Waals surface area contributed by atoms with Crippen molar-refractivity contribution in [3.8, 4) is 0 Å². The van der Waals surface area contributed by atoms with Crippen LogP contribution in [0, 0.1) is 17.8 Å². The minimum atomic E-state index is -3.12. The number of fused-ring (bicyclic) bond motifs is 1. The molecule has 3 fully saturated rings. The van der Waals surface area contributed by atoms with Crippen LogP contribution in [0.25, 0.3) is 0 Å². The van der Waals surface area contributed by atoms with Gasteiger partial charge in [0, 0.05) is 6.54 Å². The van der Waals surface area contributed by atoms with Crippen molar-refractivity contribution >= 4 is 21.7 Å². The van der Waals surface area contributed by atoms with Crippen LogP contribution in [0.2, 0.25) is 0 Å². The predicted molar refractivity (Wildman–Crippen MR) is 70.7 cm³/mol. The van der Waals surface area contributed by atoms with E-state index < -0.39 is 27.8 Å². The summed E-state index contributed by atoms with van der Waals surface area (Å²) >= 11 is 0. The van der Waals surface area contributed by atoms with Gasteiger partial charge >= 0.3 is 5.97 Å². The maximum Gasteiger partial charge on any atom is 0.326 e.